The van der Waals surface area contributed by atoms with Crippen molar-refractivity contribution in [3.63, 3.8) is 0 Å². The normalized spacial score (nSPS) is 30.3. The molecule has 4 atom stereocenters. The monoisotopic (exact) mass is 300 g/mol. The van der Waals surface area contributed by atoms with Crippen LogP contribution in [0.15, 0.2) is 42.5 Å². The van der Waals surface area contributed by atoms with Gasteiger partial charge in [-0.25, -0.2) is 0 Å². The maximum Gasteiger partial charge on any atom is 0.306 e. The molecule has 0 aromatic heterocycles. The number of esters is 1. The van der Waals surface area contributed by atoms with Gasteiger partial charge in [-0.3, -0.25) is 9.59 Å². The standard InChI is InChI=1S/C18H20O4/c1-12-9-17-16(10-18(20)22-17)15(12)8-7-13(19)11-21-14-5-3-2-4-6-14/h2-8,12,15-17H,9-11H2,1H3/b8-7+. The number of carbonyl (C=O) groups excluding carboxylic acids is 2. The van der Waals surface area contributed by atoms with E-state index in [-0.39, 0.29) is 36.3 Å². The summed E-state index contributed by atoms with van der Waals surface area (Å²) in [6, 6.07) is 9.28. The van der Waals surface area contributed by atoms with Gasteiger partial charge >= 0.3 is 5.97 Å². The van der Waals surface area contributed by atoms with E-state index in [0.29, 0.717) is 18.1 Å². The highest BCUT2D eigenvalue weighted by atomic mass is 16.6. The van der Waals surface area contributed by atoms with Crippen molar-refractivity contribution in [2.45, 2.75) is 25.9 Å². The number of rotatable bonds is 5. The summed E-state index contributed by atoms with van der Waals surface area (Å²) in [6.07, 6.45) is 4.93. The molecule has 1 saturated heterocycles. The van der Waals surface area contributed by atoms with Gasteiger partial charge in [0.25, 0.3) is 0 Å². The zero-order chi connectivity index (χ0) is 15.5. The molecule has 116 valence electrons. The number of allylic oxidation sites excluding steroid dienone is 1. The van der Waals surface area contributed by atoms with Crippen LogP contribution < -0.4 is 4.74 Å². The minimum Gasteiger partial charge on any atom is -0.485 e. The zero-order valence-corrected chi connectivity index (χ0v) is 12.6. The Bertz CT molecular complexity index is 578. The number of carbonyl (C=O) groups is 2. The molecule has 0 N–H and O–H groups in total. The number of benzene rings is 1. The first kappa shape index (κ1) is 14.8. The highest BCUT2D eigenvalue weighted by Gasteiger charge is 2.47. The second-order valence-electron chi connectivity index (χ2n) is 6.11. The van der Waals surface area contributed by atoms with E-state index < -0.39 is 0 Å². The Balaban J connectivity index is 1.54. The lowest BCUT2D eigenvalue weighted by Crippen LogP contribution is -2.15. The lowest BCUT2D eigenvalue weighted by atomic mass is 9.88. The third-order valence-corrected chi connectivity index (χ3v) is 4.55. The first-order valence-electron chi connectivity index (χ1n) is 7.72. The van der Waals surface area contributed by atoms with Crippen LogP contribution in [0, 0.1) is 17.8 Å². The Hall–Kier alpha value is -2.10. The molecule has 2 aliphatic rings. The molecule has 0 bridgehead atoms. The number of fused-ring (bicyclic) bond motifs is 1. The van der Waals surface area contributed by atoms with Gasteiger partial charge in [0.05, 0.1) is 6.42 Å². The molecule has 1 saturated carbocycles. The van der Waals surface area contributed by atoms with Gasteiger partial charge in [-0.2, -0.15) is 0 Å². The van der Waals surface area contributed by atoms with E-state index in [1.807, 2.05) is 36.4 Å². The first-order valence-corrected chi connectivity index (χ1v) is 7.72. The molecule has 22 heavy (non-hydrogen) atoms. The fraction of sp³-hybridized carbons (Fsp3) is 0.444. The van der Waals surface area contributed by atoms with E-state index >= 15 is 0 Å². The minimum absolute atomic E-state index is 0.0329. The highest BCUT2D eigenvalue weighted by Crippen LogP contribution is 2.45. The molecule has 1 heterocycles. The molecule has 4 heteroatoms. The summed E-state index contributed by atoms with van der Waals surface area (Å²) in [5.74, 6) is 1.40. The number of hydrogen-bond donors (Lipinski definition) is 0. The maximum atomic E-state index is 11.9. The Morgan fingerprint density at radius 2 is 2.14 bits per heavy atom. The van der Waals surface area contributed by atoms with Crippen LogP contribution >= 0.6 is 0 Å². The Morgan fingerprint density at radius 1 is 1.36 bits per heavy atom. The summed E-state index contributed by atoms with van der Waals surface area (Å²) >= 11 is 0. The van der Waals surface area contributed by atoms with Crippen LogP contribution in [0.3, 0.4) is 0 Å². The summed E-state index contributed by atoms with van der Waals surface area (Å²) in [4.78, 5) is 23.3. The van der Waals surface area contributed by atoms with Crippen molar-refractivity contribution in [2.75, 3.05) is 6.61 Å². The van der Waals surface area contributed by atoms with Crippen LogP contribution in [0.5, 0.6) is 5.75 Å². The van der Waals surface area contributed by atoms with Crippen LogP contribution in [0.2, 0.25) is 0 Å². The van der Waals surface area contributed by atoms with E-state index in [4.69, 9.17) is 9.47 Å². The zero-order valence-electron chi connectivity index (χ0n) is 12.6. The third kappa shape index (κ3) is 3.21. The molecule has 4 nitrogen and oxygen atoms in total. The van der Waals surface area contributed by atoms with Crippen molar-refractivity contribution < 1.29 is 19.1 Å². The van der Waals surface area contributed by atoms with Crippen LogP contribution in [-0.4, -0.2) is 24.5 Å². The van der Waals surface area contributed by atoms with Gasteiger partial charge in [0, 0.05) is 5.92 Å². The van der Waals surface area contributed by atoms with Gasteiger partial charge in [-0.05, 0) is 36.5 Å². The van der Waals surface area contributed by atoms with E-state index in [1.165, 1.54) is 0 Å². The summed E-state index contributed by atoms with van der Waals surface area (Å²) < 4.78 is 10.7. The van der Waals surface area contributed by atoms with Gasteiger partial charge in [-0.15, -0.1) is 0 Å². The minimum atomic E-state index is -0.112. The molecular formula is C18H20O4. The van der Waals surface area contributed by atoms with Gasteiger partial charge in [0.15, 0.2) is 12.4 Å². The van der Waals surface area contributed by atoms with Crippen LogP contribution in [0.1, 0.15) is 19.8 Å². The lowest BCUT2D eigenvalue weighted by Gasteiger charge is -2.15. The Morgan fingerprint density at radius 3 is 2.91 bits per heavy atom. The van der Waals surface area contributed by atoms with E-state index in [0.717, 1.165) is 6.42 Å². The van der Waals surface area contributed by atoms with E-state index in [1.54, 1.807) is 6.08 Å². The van der Waals surface area contributed by atoms with Crippen LogP contribution in [0.4, 0.5) is 0 Å². The Kier molecular flexibility index (Phi) is 4.27. The van der Waals surface area contributed by atoms with Crippen LogP contribution in [0.25, 0.3) is 0 Å². The quantitative estimate of drug-likeness (QED) is 0.620. The maximum absolute atomic E-state index is 11.9. The molecule has 1 aliphatic heterocycles. The molecule has 2 fully saturated rings. The van der Waals surface area contributed by atoms with Gasteiger partial charge < -0.3 is 9.47 Å². The molecule has 0 spiro atoms. The summed E-state index contributed by atoms with van der Waals surface area (Å²) in [7, 11) is 0. The van der Waals surface area contributed by atoms with Gasteiger partial charge in [-0.1, -0.05) is 31.2 Å². The van der Waals surface area contributed by atoms with Crippen molar-refractivity contribution in [1.29, 1.82) is 0 Å². The highest BCUT2D eigenvalue weighted by molar-refractivity contribution is 5.91. The van der Waals surface area contributed by atoms with E-state index in [2.05, 4.69) is 6.92 Å². The molecule has 4 unspecified atom stereocenters. The molecule has 1 aromatic carbocycles. The molecule has 1 aromatic rings. The van der Waals surface area contributed by atoms with Crippen molar-refractivity contribution >= 4 is 11.8 Å². The number of para-hydroxylation sites is 1. The van der Waals surface area contributed by atoms with Crippen molar-refractivity contribution in [1.82, 2.24) is 0 Å². The van der Waals surface area contributed by atoms with Crippen molar-refractivity contribution in [2.24, 2.45) is 17.8 Å². The number of hydrogen-bond acceptors (Lipinski definition) is 4. The summed E-state index contributed by atoms with van der Waals surface area (Å²) in [5, 5.41) is 0. The first-order chi connectivity index (χ1) is 10.6. The third-order valence-electron chi connectivity index (χ3n) is 4.55. The second kappa shape index (κ2) is 6.34. The number of ketones is 1. The van der Waals surface area contributed by atoms with Gasteiger partial charge in [0.1, 0.15) is 11.9 Å². The fourth-order valence-electron chi connectivity index (χ4n) is 3.45. The topological polar surface area (TPSA) is 52.6 Å². The molecule has 0 amide bonds. The van der Waals surface area contributed by atoms with Crippen molar-refractivity contribution in [3.8, 4) is 5.75 Å². The summed E-state index contributed by atoms with van der Waals surface area (Å²) in [5.41, 5.74) is 0. The smallest absolute Gasteiger partial charge is 0.306 e. The average molecular weight is 300 g/mol. The Labute approximate surface area is 130 Å². The molecule has 0 radical (unpaired) electrons. The van der Waals surface area contributed by atoms with E-state index in [9.17, 15) is 9.59 Å². The average Bonchev–Trinajstić information content (AvgIpc) is 2.99. The summed E-state index contributed by atoms with van der Waals surface area (Å²) in [6.45, 7) is 2.18. The lowest BCUT2D eigenvalue weighted by molar-refractivity contribution is -0.141. The van der Waals surface area contributed by atoms with Crippen molar-refractivity contribution in [3.05, 3.63) is 42.5 Å². The molecule has 3 rings (SSSR count). The second-order valence-corrected chi connectivity index (χ2v) is 6.11. The van der Waals surface area contributed by atoms with Crippen LogP contribution in [-0.2, 0) is 14.3 Å². The largest absolute Gasteiger partial charge is 0.485 e. The van der Waals surface area contributed by atoms with Gasteiger partial charge in [0.2, 0.25) is 0 Å². The SMILES string of the molecule is CC1CC2OC(=O)CC2C1/C=C/C(=O)COc1ccccc1. The predicted octanol–water partition coefficient (Wildman–Crippen LogP) is 2.78. The number of ether oxygens (including phenoxy) is 2. The molecule has 1 aliphatic carbocycles. The molecular weight excluding hydrogens is 280 g/mol. The fourth-order valence-corrected chi connectivity index (χ4v) is 3.45. The predicted molar refractivity (Wildman–Crippen MR) is 81.3 cm³/mol.